The van der Waals surface area contributed by atoms with Gasteiger partial charge in [0.1, 0.15) is 6.04 Å². The second-order valence-corrected chi connectivity index (χ2v) is 5.22. The minimum Gasteiger partial charge on any atom is -0.357 e. The third-order valence-electron chi connectivity index (χ3n) is 3.41. The Kier molecular flexibility index (Phi) is 4.62. The number of carbonyl (C=O) groups is 2. The fourth-order valence-corrected chi connectivity index (χ4v) is 2.61. The zero-order valence-electron chi connectivity index (χ0n) is 11.6. The van der Waals surface area contributed by atoms with Crippen molar-refractivity contribution >= 4 is 23.4 Å². The van der Waals surface area contributed by atoms with E-state index in [-0.39, 0.29) is 11.8 Å². The summed E-state index contributed by atoms with van der Waals surface area (Å²) in [6, 6.07) is 4.81. The number of hydrogen-bond donors (Lipinski definition) is 2. The van der Waals surface area contributed by atoms with E-state index in [0.717, 1.165) is 5.56 Å². The third-order valence-corrected chi connectivity index (χ3v) is 3.72. The molecule has 0 radical (unpaired) electrons. The summed E-state index contributed by atoms with van der Waals surface area (Å²) in [5.41, 5.74) is 1.43. The van der Waals surface area contributed by atoms with Gasteiger partial charge in [0.15, 0.2) is 0 Å². The highest BCUT2D eigenvalue weighted by atomic mass is 35.5. The molecule has 1 heterocycles. The van der Waals surface area contributed by atoms with E-state index in [1.165, 1.54) is 0 Å². The van der Waals surface area contributed by atoms with Crippen molar-refractivity contribution in [1.82, 2.24) is 15.5 Å². The van der Waals surface area contributed by atoms with Crippen LogP contribution in [0.25, 0.3) is 0 Å². The standard InChI is InChI=1S/C14H18ClN3O2/c1-9-3-4-10(11(15)7-9)14(20)18-6-5-17-8-12(18)13(19)16-2/h3-4,7,12,17H,5-6,8H2,1-2H3,(H,16,19). The van der Waals surface area contributed by atoms with E-state index in [0.29, 0.717) is 30.2 Å². The van der Waals surface area contributed by atoms with Crippen molar-refractivity contribution in [3.05, 3.63) is 34.3 Å². The quantitative estimate of drug-likeness (QED) is 0.849. The predicted octanol–water partition coefficient (Wildman–Crippen LogP) is 0.808. The molecule has 1 atom stereocenters. The SMILES string of the molecule is CNC(=O)C1CNCCN1C(=O)c1ccc(C)cc1Cl. The van der Waals surface area contributed by atoms with Crippen LogP contribution in [0.3, 0.4) is 0 Å². The van der Waals surface area contributed by atoms with Crippen LogP contribution in [-0.4, -0.2) is 49.4 Å². The summed E-state index contributed by atoms with van der Waals surface area (Å²) in [5.74, 6) is -0.376. The van der Waals surface area contributed by atoms with Gasteiger partial charge in [-0.3, -0.25) is 9.59 Å². The van der Waals surface area contributed by atoms with Gasteiger partial charge >= 0.3 is 0 Å². The van der Waals surface area contributed by atoms with Crippen LogP contribution in [0.15, 0.2) is 18.2 Å². The lowest BCUT2D eigenvalue weighted by Gasteiger charge is -2.35. The van der Waals surface area contributed by atoms with Gasteiger partial charge in [-0.05, 0) is 24.6 Å². The number of carbonyl (C=O) groups excluding carboxylic acids is 2. The van der Waals surface area contributed by atoms with Gasteiger partial charge in [0.25, 0.3) is 5.91 Å². The Hall–Kier alpha value is -1.59. The van der Waals surface area contributed by atoms with Crippen LogP contribution in [0.5, 0.6) is 0 Å². The maximum Gasteiger partial charge on any atom is 0.256 e. The van der Waals surface area contributed by atoms with Gasteiger partial charge < -0.3 is 15.5 Å². The zero-order valence-corrected chi connectivity index (χ0v) is 12.3. The second kappa shape index (κ2) is 6.24. The maximum atomic E-state index is 12.6. The highest BCUT2D eigenvalue weighted by molar-refractivity contribution is 6.34. The molecule has 0 saturated carbocycles. The van der Waals surface area contributed by atoms with E-state index in [4.69, 9.17) is 11.6 Å². The van der Waals surface area contributed by atoms with Crippen molar-refractivity contribution in [2.45, 2.75) is 13.0 Å². The molecule has 1 saturated heterocycles. The summed E-state index contributed by atoms with van der Waals surface area (Å²) in [6.45, 7) is 3.52. The number of halogens is 1. The summed E-state index contributed by atoms with van der Waals surface area (Å²) < 4.78 is 0. The Balaban J connectivity index is 2.27. The topological polar surface area (TPSA) is 61.4 Å². The van der Waals surface area contributed by atoms with Crippen molar-refractivity contribution < 1.29 is 9.59 Å². The fraction of sp³-hybridized carbons (Fsp3) is 0.429. The maximum absolute atomic E-state index is 12.6. The van der Waals surface area contributed by atoms with E-state index >= 15 is 0 Å². The van der Waals surface area contributed by atoms with Gasteiger partial charge in [-0.1, -0.05) is 17.7 Å². The third kappa shape index (κ3) is 2.94. The highest BCUT2D eigenvalue weighted by Crippen LogP contribution is 2.21. The molecular weight excluding hydrogens is 278 g/mol. The molecule has 1 aliphatic rings. The average Bonchev–Trinajstić information content (AvgIpc) is 2.46. The molecular formula is C14H18ClN3O2. The molecule has 108 valence electrons. The van der Waals surface area contributed by atoms with Gasteiger partial charge in [0.2, 0.25) is 5.91 Å². The summed E-state index contributed by atoms with van der Waals surface area (Å²) >= 11 is 6.14. The largest absolute Gasteiger partial charge is 0.357 e. The molecule has 1 unspecified atom stereocenters. The van der Waals surface area contributed by atoms with Crippen molar-refractivity contribution in [1.29, 1.82) is 0 Å². The Morgan fingerprint density at radius 1 is 1.45 bits per heavy atom. The summed E-state index contributed by atoms with van der Waals surface area (Å²) in [7, 11) is 1.57. The lowest BCUT2D eigenvalue weighted by Crippen LogP contribution is -2.59. The number of likely N-dealkylation sites (N-methyl/N-ethyl adjacent to an activating group) is 1. The minimum absolute atomic E-state index is 0.172. The minimum atomic E-state index is -0.501. The van der Waals surface area contributed by atoms with Gasteiger partial charge in [0.05, 0.1) is 10.6 Å². The molecule has 2 N–H and O–H groups in total. The molecule has 1 aromatic carbocycles. The number of nitrogens with one attached hydrogen (secondary N) is 2. The molecule has 5 nitrogen and oxygen atoms in total. The summed E-state index contributed by atoms with van der Waals surface area (Å²) in [5, 5.41) is 6.13. The van der Waals surface area contributed by atoms with Crippen LogP contribution < -0.4 is 10.6 Å². The lowest BCUT2D eigenvalue weighted by molar-refractivity contribution is -0.125. The predicted molar refractivity (Wildman–Crippen MR) is 77.9 cm³/mol. The Morgan fingerprint density at radius 3 is 2.85 bits per heavy atom. The van der Waals surface area contributed by atoms with Crippen molar-refractivity contribution in [2.75, 3.05) is 26.7 Å². The number of amides is 2. The monoisotopic (exact) mass is 295 g/mol. The lowest BCUT2D eigenvalue weighted by atomic mass is 10.1. The molecule has 6 heteroatoms. The van der Waals surface area contributed by atoms with E-state index in [1.807, 2.05) is 13.0 Å². The average molecular weight is 296 g/mol. The van der Waals surface area contributed by atoms with Crippen LogP contribution in [0.1, 0.15) is 15.9 Å². The molecule has 0 aromatic heterocycles. The fourth-order valence-electron chi connectivity index (χ4n) is 2.30. The zero-order chi connectivity index (χ0) is 14.7. The van der Waals surface area contributed by atoms with E-state index in [9.17, 15) is 9.59 Å². The van der Waals surface area contributed by atoms with E-state index in [2.05, 4.69) is 10.6 Å². The molecule has 1 fully saturated rings. The van der Waals surface area contributed by atoms with Gasteiger partial charge in [-0.25, -0.2) is 0 Å². The Labute approximate surface area is 123 Å². The van der Waals surface area contributed by atoms with Gasteiger partial charge in [0, 0.05) is 26.7 Å². The first-order valence-electron chi connectivity index (χ1n) is 6.54. The van der Waals surface area contributed by atoms with E-state index < -0.39 is 6.04 Å². The first kappa shape index (κ1) is 14.8. The molecule has 1 aromatic rings. The number of hydrogen-bond acceptors (Lipinski definition) is 3. The molecule has 20 heavy (non-hydrogen) atoms. The van der Waals surface area contributed by atoms with Crippen LogP contribution in [-0.2, 0) is 4.79 Å². The highest BCUT2D eigenvalue weighted by Gasteiger charge is 2.32. The molecule has 2 rings (SSSR count). The first-order valence-corrected chi connectivity index (χ1v) is 6.92. The molecule has 0 spiro atoms. The normalized spacial score (nSPS) is 18.8. The van der Waals surface area contributed by atoms with Gasteiger partial charge in [-0.15, -0.1) is 0 Å². The molecule has 0 bridgehead atoms. The summed E-state index contributed by atoms with van der Waals surface area (Å²) in [4.78, 5) is 26.0. The van der Waals surface area contributed by atoms with Crippen molar-refractivity contribution in [3.8, 4) is 0 Å². The summed E-state index contributed by atoms with van der Waals surface area (Å²) in [6.07, 6.45) is 0. The Bertz CT molecular complexity index is 533. The number of piperazine rings is 1. The van der Waals surface area contributed by atoms with Crippen LogP contribution in [0.2, 0.25) is 5.02 Å². The van der Waals surface area contributed by atoms with Crippen LogP contribution in [0.4, 0.5) is 0 Å². The Morgan fingerprint density at radius 2 is 2.20 bits per heavy atom. The van der Waals surface area contributed by atoms with Gasteiger partial charge in [-0.2, -0.15) is 0 Å². The van der Waals surface area contributed by atoms with E-state index in [1.54, 1.807) is 24.1 Å². The molecule has 2 amide bonds. The van der Waals surface area contributed by atoms with Crippen molar-refractivity contribution in [3.63, 3.8) is 0 Å². The van der Waals surface area contributed by atoms with Crippen LogP contribution >= 0.6 is 11.6 Å². The second-order valence-electron chi connectivity index (χ2n) is 4.82. The molecule has 1 aliphatic heterocycles. The number of aryl methyl sites for hydroxylation is 1. The van der Waals surface area contributed by atoms with Crippen LogP contribution in [0, 0.1) is 6.92 Å². The number of nitrogens with zero attached hydrogens (tertiary/aromatic N) is 1. The smallest absolute Gasteiger partial charge is 0.256 e. The first-order chi connectivity index (χ1) is 9.54. The molecule has 0 aliphatic carbocycles. The number of rotatable bonds is 2. The number of benzene rings is 1. The van der Waals surface area contributed by atoms with Crippen molar-refractivity contribution in [2.24, 2.45) is 0 Å².